The monoisotopic (exact) mass is 295 g/mol. The zero-order valence-electron chi connectivity index (χ0n) is 11.2. The van der Waals surface area contributed by atoms with Gasteiger partial charge in [0.25, 0.3) is 0 Å². The molecule has 1 aromatic carbocycles. The van der Waals surface area contributed by atoms with Gasteiger partial charge in [-0.2, -0.15) is 5.10 Å². The van der Waals surface area contributed by atoms with Crippen molar-refractivity contribution < 1.29 is 9.53 Å². The van der Waals surface area contributed by atoms with Crippen LogP contribution in [0.2, 0.25) is 0 Å². The number of nitrogens with two attached hydrogens (primary N) is 1. The predicted octanol–water partition coefficient (Wildman–Crippen LogP) is 1.79. The third-order valence-corrected chi connectivity index (χ3v) is 2.99. The van der Waals surface area contributed by atoms with Gasteiger partial charge in [-0.25, -0.2) is 0 Å². The molecule has 0 radical (unpaired) electrons. The molecule has 0 saturated heterocycles. The van der Waals surface area contributed by atoms with Crippen LogP contribution in [0.5, 0.6) is 0 Å². The van der Waals surface area contributed by atoms with Crippen molar-refractivity contribution in [1.82, 2.24) is 10.2 Å². The number of aromatic amines is 1. The molecule has 1 aromatic heterocycles. The Bertz CT molecular complexity index is 542. The Morgan fingerprint density at radius 2 is 2.10 bits per heavy atom. The van der Waals surface area contributed by atoms with Gasteiger partial charge in [-0.3, -0.25) is 9.89 Å². The van der Waals surface area contributed by atoms with Gasteiger partial charge >= 0.3 is 5.97 Å². The van der Waals surface area contributed by atoms with E-state index < -0.39 is 0 Å². The molecule has 0 unspecified atom stereocenters. The Kier molecular flexibility index (Phi) is 6.21. The van der Waals surface area contributed by atoms with E-state index in [1.165, 1.54) is 7.11 Å². The molecule has 5 nitrogen and oxygen atoms in total. The fraction of sp³-hybridized carbons (Fsp3) is 0.286. The van der Waals surface area contributed by atoms with E-state index in [2.05, 4.69) is 10.2 Å². The lowest BCUT2D eigenvalue weighted by atomic mass is 10.0. The molecule has 0 fully saturated rings. The van der Waals surface area contributed by atoms with Crippen molar-refractivity contribution in [3.8, 4) is 11.3 Å². The number of rotatable bonds is 5. The number of halogens is 1. The predicted molar refractivity (Wildman–Crippen MR) is 79.5 cm³/mol. The average molecular weight is 296 g/mol. The molecule has 3 N–H and O–H groups in total. The molecule has 0 aliphatic rings. The van der Waals surface area contributed by atoms with E-state index in [0.717, 1.165) is 17.0 Å². The minimum Gasteiger partial charge on any atom is -0.469 e. The van der Waals surface area contributed by atoms with Gasteiger partial charge in [-0.1, -0.05) is 30.3 Å². The first kappa shape index (κ1) is 16.2. The van der Waals surface area contributed by atoms with Crippen LogP contribution in [-0.4, -0.2) is 29.8 Å². The van der Waals surface area contributed by atoms with Crippen LogP contribution in [0.15, 0.2) is 36.4 Å². The summed E-state index contributed by atoms with van der Waals surface area (Å²) in [6.07, 6.45) is 0.503. The molecule has 0 saturated carbocycles. The molecule has 0 aliphatic carbocycles. The molecule has 0 amide bonds. The fourth-order valence-electron chi connectivity index (χ4n) is 1.92. The smallest absolute Gasteiger partial charge is 0.310 e. The lowest BCUT2D eigenvalue weighted by Gasteiger charge is -2.10. The number of hydrogen-bond acceptors (Lipinski definition) is 4. The third kappa shape index (κ3) is 3.82. The Balaban J connectivity index is 0.00000200. The molecule has 6 heteroatoms. The zero-order valence-corrected chi connectivity index (χ0v) is 12.0. The van der Waals surface area contributed by atoms with Crippen LogP contribution in [-0.2, 0) is 16.0 Å². The minimum atomic E-state index is -0.339. The summed E-state index contributed by atoms with van der Waals surface area (Å²) in [6.45, 7) is 0.256. The molecule has 0 bridgehead atoms. The summed E-state index contributed by atoms with van der Waals surface area (Å²) in [4.78, 5) is 11.5. The SMILES string of the molecule is COC(=O)[C@@H](CN)Cc1cc(-c2ccccc2)n[nH]1.Cl. The van der Waals surface area contributed by atoms with Crippen molar-refractivity contribution in [3.05, 3.63) is 42.1 Å². The first-order valence-electron chi connectivity index (χ1n) is 6.12. The lowest BCUT2D eigenvalue weighted by Crippen LogP contribution is -2.26. The molecule has 1 atom stereocenters. The molecular formula is C14H18ClN3O2. The number of ether oxygens (including phenoxy) is 1. The van der Waals surface area contributed by atoms with Crippen LogP contribution in [0.25, 0.3) is 11.3 Å². The largest absolute Gasteiger partial charge is 0.469 e. The van der Waals surface area contributed by atoms with E-state index in [0.29, 0.717) is 6.42 Å². The van der Waals surface area contributed by atoms with Crippen molar-refractivity contribution >= 4 is 18.4 Å². The molecule has 1 heterocycles. The van der Waals surface area contributed by atoms with Crippen LogP contribution in [0, 0.1) is 5.92 Å². The first-order valence-corrected chi connectivity index (χ1v) is 6.12. The van der Waals surface area contributed by atoms with Gasteiger partial charge < -0.3 is 10.5 Å². The molecule has 20 heavy (non-hydrogen) atoms. The quantitative estimate of drug-likeness (QED) is 0.824. The summed E-state index contributed by atoms with van der Waals surface area (Å²) >= 11 is 0. The summed E-state index contributed by atoms with van der Waals surface area (Å²) in [5.74, 6) is -0.632. The number of carbonyl (C=O) groups excluding carboxylic acids is 1. The van der Waals surface area contributed by atoms with Crippen LogP contribution in [0.1, 0.15) is 5.69 Å². The summed E-state index contributed by atoms with van der Waals surface area (Å²) in [7, 11) is 1.37. The van der Waals surface area contributed by atoms with Crippen molar-refractivity contribution in [3.63, 3.8) is 0 Å². The van der Waals surface area contributed by atoms with Gasteiger partial charge in [0.2, 0.25) is 0 Å². The molecular weight excluding hydrogens is 278 g/mol. The van der Waals surface area contributed by atoms with Gasteiger partial charge in [-0.05, 0) is 6.07 Å². The minimum absolute atomic E-state index is 0. The Labute approximate surface area is 123 Å². The number of carbonyl (C=O) groups is 1. The van der Waals surface area contributed by atoms with E-state index in [1.807, 2.05) is 36.4 Å². The number of nitrogens with zero attached hydrogens (tertiary/aromatic N) is 1. The summed E-state index contributed by atoms with van der Waals surface area (Å²) < 4.78 is 4.71. The van der Waals surface area contributed by atoms with Crippen LogP contribution >= 0.6 is 12.4 Å². The Morgan fingerprint density at radius 3 is 2.70 bits per heavy atom. The van der Waals surface area contributed by atoms with E-state index in [1.54, 1.807) is 0 Å². The molecule has 0 spiro atoms. The highest BCUT2D eigenvalue weighted by molar-refractivity contribution is 5.85. The van der Waals surface area contributed by atoms with Crippen LogP contribution < -0.4 is 5.73 Å². The lowest BCUT2D eigenvalue weighted by molar-refractivity contribution is -0.145. The second kappa shape index (κ2) is 7.67. The number of esters is 1. The molecule has 2 rings (SSSR count). The summed E-state index contributed by atoms with van der Waals surface area (Å²) in [5.41, 5.74) is 8.35. The summed E-state index contributed by atoms with van der Waals surface area (Å²) in [6, 6.07) is 11.8. The number of aromatic nitrogens is 2. The standard InChI is InChI=1S/C14H17N3O2.ClH/c1-19-14(18)11(9-15)7-12-8-13(17-16-12)10-5-3-2-4-6-10;/h2-6,8,11H,7,9,15H2,1H3,(H,16,17);1H/t11-;/m1./s1. The molecule has 2 aromatic rings. The average Bonchev–Trinajstić information content (AvgIpc) is 2.93. The Morgan fingerprint density at radius 1 is 1.40 bits per heavy atom. The van der Waals surface area contributed by atoms with Gasteiger partial charge in [0, 0.05) is 24.2 Å². The van der Waals surface area contributed by atoms with Gasteiger partial charge in [0.05, 0.1) is 18.7 Å². The van der Waals surface area contributed by atoms with E-state index in [9.17, 15) is 4.79 Å². The van der Waals surface area contributed by atoms with E-state index in [4.69, 9.17) is 10.5 Å². The second-order valence-electron chi connectivity index (χ2n) is 4.30. The number of hydrogen-bond donors (Lipinski definition) is 2. The highest BCUT2D eigenvalue weighted by atomic mass is 35.5. The molecule has 108 valence electrons. The maximum atomic E-state index is 11.5. The van der Waals surface area contributed by atoms with Gasteiger partial charge in [0.1, 0.15) is 0 Å². The Hall–Kier alpha value is -1.85. The van der Waals surface area contributed by atoms with Gasteiger partial charge in [0.15, 0.2) is 0 Å². The van der Waals surface area contributed by atoms with Crippen LogP contribution in [0.3, 0.4) is 0 Å². The highest BCUT2D eigenvalue weighted by Crippen LogP contribution is 2.18. The maximum absolute atomic E-state index is 11.5. The van der Waals surface area contributed by atoms with Gasteiger partial charge in [-0.15, -0.1) is 12.4 Å². The van der Waals surface area contributed by atoms with Crippen molar-refractivity contribution in [2.24, 2.45) is 11.7 Å². The fourth-order valence-corrected chi connectivity index (χ4v) is 1.92. The number of nitrogens with one attached hydrogen (secondary N) is 1. The third-order valence-electron chi connectivity index (χ3n) is 2.99. The normalized spacial score (nSPS) is 11.5. The number of methoxy groups -OCH3 is 1. The van der Waals surface area contributed by atoms with E-state index in [-0.39, 0.29) is 30.8 Å². The second-order valence-corrected chi connectivity index (χ2v) is 4.30. The maximum Gasteiger partial charge on any atom is 0.310 e. The van der Waals surface area contributed by atoms with Crippen molar-refractivity contribution in [2.75, 3.05) is 13.7 Å². The van der Waals surface area contributed by atoms with Crippen molar-refractivity contribution in [1.29, 1.82) is 0 Å². The molecule has 0 aliphatic heterocycles. The highest BCUT2D eigenvalue weighted by Gasteiger charge is 2.19. The zero-order chi connectivity index (χ0) is 13.7. The number of H-pyrrole nitrogens is 1. The van der Waals surface area contributed by atoms with Crippen LogP contribution in [0.4, 0.5) is 0 Å². The topological polar surface area (TPSA) is 81.0 Å². The summed E-state index contributed by atoms with van der Waals surface area (Å²) in [5, 5.41) is 7.18. The first-order chi connectivity index (χ1) is 9.24. The van der Waals surface area contributed by atoms with E-state index >= 15 is 0 Å². The number of benzene rings is 1. The van der Waals surface area contributed by atoms with Crippen molar-refractivity contribution in [2.45, 2.75) is 6.42 Å².